The van der Waals surface area contributed by atoms with Crippen LogP contribution in [0.5, 0.6) is 5.75 Å². The number of hydrogen-bond donors (Lipinski definition) is 0. The SMILES string of the molecule is COCCOc1cc(C(=O)CBr)cc(S(F)(F)(F)(F)F)c1. The van der Waals surface area contributed by atoms with Crippen LogP contribution in [0.2, 0.25) is 0 Å². The molecule has 0 atom stereocenters. The topological polar surface area (TPSA) is 35.5 Å². The second-order valence-electron chi connectivity index (χ2n) is 4.06. The molecule has 0 N–H and O–H groups in total. The molecule has 1 aromatic carbocycles. The lowest BCUT2D eigenvalue weighted by molar-refractivity contribution is 0.102. The van der Waals surface area contributed by atoms with Gasteiger partial charge in [0.2, 0.25) is 0 Å². The summed E-state index contributed by atoms with van der Waals surface area (Å²) in [5.74, 6) is -1.24. The summed E-state index contributed by atoms with van der Waals surface area (Å²) in [5, 5.41) is -0.297. The van der Waals surface area contributed by atoms with Gasteiger partial charge in [-0.1, -0.05) is 35.4 Å². The first kappa shape index (κ1) is 18.2. The molecule has 3 nitrogen and oxygen atoms in total. The van der Waals surface area contributed by atoms with Crippen molar-refractivity contribution in [3.63, 3.8) is 0 Å². The van der Waals surface area contributed by atoms with Crippen molar-refractivity contribution in [3.05, 3.63) is 23.8 Å². The first-order valence-corrected chi connectivity index (χ1v) is 8.55. The quantitative estimate of drug-likeness (QED) is 0.282. The fourth-order valence-corrected chi connectivity index (χ4v) is 2.37. The Morgan fingerprint density at radius 1 is 1.14 bits per heavy atom. The van der Waals surface area contributed by atoms with E-state index < -0.39 is 32.2 Å². The van der Waals surface area contributed by atoms with Gasteiger partial charge in [0.15, 0.2) is 5.78 Å². The summed E-state index contributed by atoms with van der Waals surface area (Å²) >= 11 is 2.77. The molecule has 21 heavy (non-hydrogen) atoms. The molecule has 1 aromatic rings. The van der Waals surface area contributed by atoms with E-state index in [9.17, 15) is 24.2 Å². The average molecular weight is 399 g/mol. The Hall–Kier alpha value is -0.870. The molecular weight excluding hydrogens is 387 g/mol. The zero-order chi connectivity index (χ0) is 16.4. The van der Waals surface area contributed by atoms with Crippen LogP contribution in [0.4, 0.5) is 19.4 Å². The molecule has 0 radical (unpaired) electrons. The minimum Gasteiger partial charge on any atom is -0.491 e. The zero-order valence-electron chi connectivity index (χ0n) is 10.8. The molecule has 0 aliphatic heterocycles. The number of Topliss-reactive ketones (excluding diaryl/α,β-unsaturated/α-hetero) is 1. The van der Waals surface area contributed by atoms with Gasteiger partial charge in [-0.3, -0.25) is 4.79 Å². The van der Waals surface area contributed by atoms with Crippen molar-refractivity contribution >= 4 is 31.9 Å². The maximum absolute atomic E-state index is 12.9. The summed E-state index contributed by atoms with van der Waals surface area (Å²) in [6.45, 7) is -0.0788. The van der Waals surface area contributed by atoms with Crippen molar-refractivity contribution in [1.82, 2.24) is 0 Å². The summed E-state index contributed by atoms with van der Waals surface area (Å²) in [6, 6.07) is 1.29. The minimum absolute atomic E-state index is 0.0579. The predicted octanol–water partition coefficient (Wildman–Crippen LogP) is 4.95. The van der Waals surface area contributed by atoms with Crippen LogP contribution in [0.3, 0.4) is 0 Å². The number of carbonyl (C=O) groups excluding carboxylic acids is 1. The third kappa shape index (κ3) is 5.44. The highest BCUT2D eigenvalue weighted by Crippen LogP contribution is 3.02. The summed E-state index contributed by atoms with van der Waals surface area (Å²) in [4.78, 5) is 9.30. The Morgan fingerprint density at radius 3 is 2.24 bits per heavy atom. The maximum Gasteiger partial charge on any atom is 0.310 e. The molecule has 0 aliphatic carbocycles. The highest BCUT2D eigenvalue weighted by Gasteiger charge is 2.65. The van der Waals surface area contributed by atoms with Gasteiger partial charge < -0.3 is 9.47 Å². The molecule has 0 saturated heterocycles. The van der Waals surface area contributed by atoms with Gasteiger partial charge >= 0.3 is 10.2 Å². The van der Waals surface area contributed by atoms with E-state index in [-0.39, 0.29) is 30.7 Å². The Labute approximate surface area is 126 Å². The van der Waals surface area contributed by atoms with E-state index in [2.05, 4.69) is 20.7 Å². The number of carbonyl (C=O) groups is 1. The largest absolute Gasteiger partial charge is 0.491 e. The van der Waals surface area contributed by atoms with Crippen molar-refractivity contribution in [3.8, 4) is 5.75 Å². The lowest BCUT2D eigenvalue weighted by Gasteiger charge is -2.40. The lowest BCUT2D eigenvalue weighted by atomic mass is 10.1. The second kappa shape index (κ2) is 5.40. The van der Waals surface area contributed by atoms with Crippen molar-refractivity contribution in [2.24, 2.45) is 0 Å². The summed E-state index contributed by atoms with van der Waals surface area (Å²) < 4.78 is 73.8. The van der Waals surface area contributed by atoms with E-state index in [1.807, 2.05) is 0 Å². The number of ketones is 1. The van der Waals surface area contributed by atoms with E-state index in [1.165, 1.54) is 7.11 Å². The molecular formula is C11H12BrF5O3S. The standard InChI is InChI=1S/C11H12BrF5O3S/c1-19-2-3-20-9-4-8(11(18)7-12)5-10(6-9)21(13,14,15,16)17/h4-6H,2-3,7H2,1H3. The Kier molecular flexibility index (Phi) is 4.67. The number of halogens is 6. The van der Waals surface area contributed by atoms with Gasteiger partial charge in [-0.2, -0.15) is 0 Å². The monoisotopic (exact) mass is 398 g/mol. The van der Waals surface area contributed by atoms with Gasteiger partial charge in [-0.15, -0.1) is 0 Å². The Bertz CT molecular complexity index is 546. The predicted molar refractivity (Wildman–Crippen MR) is 73.3 cm³/mol. The van der Waals surface area contributed by atoms with Crippen molar-refractivity contribution in [1.29, 1.82) is 0 Å². The molecule has 10 heteroatoms. The van der Waals surface area contributed by atoms with Crippen LogP contribution in [0.1, 0.15) is 10.4 Å². The van der Waals surface area contributed by atoms with Gasteiger partial charge in [0.25, 0.3) is 0 Å². The number of benzene rings is 1. The molecule has 0 saturated carbocycles. The highest BCUT2D eigenvalue weighted by atomic mass is 79.9. The molecule has 0 aliphatic rings. The molecule has 0 unspecified atom stereocenters. The van der Waals surface area contributed by atoms with Crippen molar-refractivity contribution < 1.29 is 33.7 Å². The third-order valence-corrected chi connectivity index (χ3v) is 3.96. The fourth-order valence-electron chi connectivity index (χ4n) is 1.36. The van der Waals surface area contributed by atoms with Crippen LogP contribution < -0.4 is 4.74 Å². The molecule has 0 bridgehead atoms. The maximum atomic E-state index is 12.9. The van der Waals surface area contributed by atoms with Crippen LogP contribution >= 0.6 is 26.2 Å². The minimum atomic E-state index is -9.89. The van der Waals surface area contributed by atoms with E-state index in [4.69, 9.17) is 4.74 Å². The van der Waals surface area contributed by atoms with E-state index in [0.717, 1.165) is 6.07 Å². The molecule has 0 spiro atoms. The number of ether oxygens (including phenoxy) is 2. The van der Waals surface area contributed by atoms with Crippen LogP contribution in [-0.2, 0) is 4.74 Å². The Morgan fingerprint density at radius 2 is 1.76 bits per heavy atom. The molecule has 1 rings (SSSR count). The average Bonchev–Trinajstić information content (AvgIpc) is 2.35. The highest BCUT2D eigenvalue weighted by molar-refractivity contribution is 9.09. The van der Waals surface area contributed by atoms with Crippen LogP contribution in [-0.4, -0.2) is 31.4 Å². The number of rotatable bonds is 7. The molecule has 0 heterocycles. The van der Waals surface area contributed by atoms with Crippen LogP contribution in [0.15, 0.2) is 23.1 Å². The summed E-state index contributed by atoms with van der Waals surface area (Å²) in [7, 11) is -8.55. The number of hydrogen-bond acceptors (Lipinski definition) is 3. The van der Waals surface area contributed by atoms with Gasteiger partial charge in [-0.05, 0) is 12.1 Å². The first-order chi connectivity index (χ1) is 9.37. The number of methoxy groups -OCH3 is 1. The molecule has 0 fully saturated rings. The third-order valence-electron chi connectivity index (χ3n) is 2.33. The van der Waals surface area contributed by atoms with Gasteiger partial charge in [0.05, 0.1) is 11.9 Å². The molecule has 0 aromatic heterocycles. The van der Waals surface area contributed by atoms with E-state index >= 15 is 0 Å². The molecule has 0 amide bonds. The first-order valence-electron chi connectivity index (χ1n) is 5.47. The van der Waals surface area contributed by atoms with Crippen molar-refractivity contribution in [2.45, 2.75) is 4.90 Å². The normalized spacial score (nSPS) is 15.2. The zero-order valence-corrected chi connectivity index (χ0v) is 13.2. The number of alkyl halides is 1. The van der Waals surface area contributed by atoms with Crippen LogP contribution in [0, 0.1) is 0 Å². The lowest BCUT2D eigenvalue weighted by Crippen LogP contribution is -2.11. The van der Waals surface area contributed by atoms with Crippen LogP contribution in [0.25, 0.3) is 0 Å². The van der Waals surface area contributed by atoms with Gasteiger partial charge in [-0.25, -0.2) is 0 Å². The van der Waals surface area contributed by atoms with Gasteiger partial charge in [0.1, 0.15) is 17.3 Å². The van der Waals surface area contributed by atoms with Crippen molar-refractivity contribution in [2.75, 3.05) is 25.7 Å². The summed E-state index contributed by atoms with van der Waals surface area (Å²) in [5.41, 5.74) is -0.509. The van der Waals surface area contributed by atoms with Gasteiger partial charge in [0, 0.05) is 18.7 Å². The molecule has 122 valence electrons. The fraction of sp³-hybridized carbons (Fsp3) is 0.364. The Balaban J connectivity index is 3.32. The van der Waals surface area contributed by atoms with E-state index in [1.54, 1.807) is 0 Å². The smallest absolute Gasteiger partial charge is 0.310 e. The summed E-state index contributed by atoms with van der Waals surface area (Å²) in [6.07, 6.45) is 0. The van der Waals surface area contributed by atoms with E-state index in [0.29, 0.717) is 0 Å². The second-order valence-corrected chi connectivity index (χ2v) is 7.03.